The minimum atomic E-state index is -0.355. The van der Waals surface area contributed by atoms with Gasteiger partial charge in [-0.2, -0.15) is 5.10 Å². The van der Waals surface area contributed by atoms with Crippen molar-refractivity contribution >= 4 is 22.7 Å². The zero-order valence-corrected chi connectivity index (χ0v) is 18.0. The predicted octanol–water partition coefficient (Wildman–Crippen LogP) is 3.66. The highest BCUT2D eigenvalue weighted by Crippen LogP contribution is 2.33. The smallest absolute Gasteiger partial charge is 0.341 e. The van der Waals surface area contributed by atoms with E-state index in [4.69, 9.17) is 4.74 Å². The molecule has 162 valence electrons. The summed E-state index contributed by atoms with van der Waals surface area (Å²) in [4.78, 5) is 22.1. The van der Waals surface area contributed by atoms with E-state index in [-0.39, 0.29) is 5.97 Å². The first-order valence-corrected chi connectivity index (χ1v) is 11.3. The van der Waals surface area contributed by atoms with Crippen molar-refractivity contribution in [2.75, 3.05) is 38.2 Å². The first-order valence-electron chi connectivity index (χ1n) is 11.3. The topological polar surface area (TPSA) is 63.5 Å². The summed E-state index contributed by atoms with van der Waals surface area (Å²) >= 11 is 0. The highest BCUT2D eigenvalue weighted by molar-refractivity contribution is 6.04. The molecule has 31 heavy (non-hydrogen) atoms. The number of hydrogen-bond donors (Lipinski definition) is 0. The van der Waals surface area contributed by atoms with Crippen molar-refractivity contribution in [3.8, 4) is 5.69 Å². The number of rotatable bonds is 4. The van der Waals surface area contributed by atoms with Crippen molar-refractivity contribution in [1.82, 2.24) is 19.7 Å². The third-order valence-electron chi connectivity index (χ3n) is 6.70. The summed E-state index contributed by atoms with van der Waals surface area (Å²) in [5.41, 5.74) is 3.10. The quantitative estimate of drug-likeness (QED) is 0.602. The van der Waals surface area contributed by atoms with Crippen molar-refractivity contribution in [3.05, 3.63) is 48.3 Å². The summed E-state index contributed by atoms with van der Waals surface area (Å²) < 4.78 is 6.91. The number of fused-ring (bicyclic) bond motifs is 1. The average Bonchev–Trinajstić information content (AvgIpc) is 3.28. The molecular formula is C24H29N5O2. The number of nitrogens with zero attached hydrogens (tertiary/aromatic N) is 5. The third-order valence-corrected chi connectivity index (χ3v) is 6.70. The van der Waals surface area contributed by atoms with Gasteiger partial charge in [0.25, 0.3) is 0 Å². The fraction of sp³-hybridized carbons (Fsp3) is 0.458. The fourth-order valence-electron chi connectivity index (χ4n) is 5.08. The molecular weight excluding hydrogens is 390 g/mol. The third kappa shape index (κ3) is 3.78. The molecule has 0 radical (unpaired) electrons. The van der Waals surface area contributed by atoms with Crippen LogP contribution in [0, 0.1) is 0 Å². The van der Waals surface area contributed by atoms with Crippen LogP contribution in [0.2, 0.25) is 0 Å². The molecule has 0 atom stereocenters. The minimum absolute atomic E-state index is 0.355. The zero-order chi connectivity index (χ0) is 21.2. The van der Waals surface area contributed by atoms with Crippen molar-refractivity contribution in [1.29, 1.82) is 0 Å². The number of piperazine rings is 1. The molecule has 7 heteroatoms. The number of pyridine rings is 1. The van der Waals surface area contributed by atoms with E-state index in [0.29, 0.717) is 11.6 Å². The molecule has 3 aromatic rings. The second kappa shape index (κ2) is 8.67. The molecule has 3 heterocycles. The highest BCUT2D eigenvalue weighted by atomic mass is 16.5. The van der Waals surface area contributed by atoms with Gasteiger partial charge in [0.15, 0.2) is 5.65 Å². The fourth-order valence-corrected chi connectivity index (χ4v) is 5.08. The second-order valence-corrected chi connectivity index (χ2v) is 8.46. The van der Waals surface area contributed by atoms with Gasteiger partial charge in [-0.1, -0.05) is 37.5 Å². The van der Waals surface area contributed by atoms with Crippen LogP contribution in [-0.2, 0) is 4.74 Å². The number of carbonyl (C=O) groups is 1. The lowest BCUT2D eigenvalue weighted by molar-refractivity contribution is 0.0600. The molecule has 2 aliphatic rings. The number of anilines is 1. The van der Waals surface area contributed by atoms with E-state index in [1.807, 2.05) is 41.2 Å². The van der Waals surface area contributed by atoms with Gasteiger partial charge in [-0.3, -0.25) is 4.90 Å². The number of methoxy groups -OCH3 is 1. The molecule has 0 spiro atoms. The first-order chi connectivity index (χ1) is 15.3. The van der Waals surface area contributed by atoms with Gasteiger partial charge in [-0.15, -0.1) is 0 Å². The van der Waals surface area contributed by atoms with Crippen LogP contribution in [0.25, 0.3) is 16.7 Å². The van der Waals surface area contributed by atoms with Gasteiger partial charge in [-0.05, 0) is 25.0 Å². The Morgan fingerprint density at radius 1 is 1.00 bits per heavy atom. The van der Waals surface area contributed by atoms with E-state index in [2.05, 4.69) is 19.9 Å². The van der Waals surface area contributed by atoms with E-state index in [1.165, 1.54) is 39.2 Å². The SMILES string of the molecule is COC(=O)c1cnc2c(cnn2-c2ccccc2)c1N1CCN(C2CCCCC2)CC1. The Morgan fingerprint density at radius 2 is 1.74 bits per heavy atom. The number of benzene rings is 1. The Morgan fingerprint density at radius 3 is 2.45 bits per heavy atom. The molecule has 1 aliphatic carbocycles. The lowest BCUT2D eigenvalue weighted by atomic mass is 9.93. The van der Waals surface area contributed by atoms with Crippen LogP contribution in [0.1, 0.15) is 42.5 Å². The van der Waals surface area contributed by atoms with Crippen LogP contribution in [0.3, 0.4) is 0 Å². The molecule has 0 N–H and O–H groups in total. The van der Waals surface area contributed by atoms with Gasteiger partial charge in [0.2, 0.25) is 0 Å². The van der Waals surface area contributed by atoms with Crippen molar-refractivity contribution < 1.29 is 9.53 Å². The first kappa shape index (κ1) is 20.0. The highest BCUT2D eigenvalue weighted by Gasteiger charge is 2.29. The predicted molar refractivity (Wildman–Crippen MR) is 121 cm³/mol. The minimum Gasteiger partial charge on any atom is -0.465 e. The molecule has 2 aromatic heterocycles. The summed E-state index contributed by atoms with van der Waals surface area (Å²) in [5, 5.41) is 5.49. The average molecular weight is 420 g/mol. The summed E-state index contributed by atoms with van der Waals surface area (Å²) in [6.45, 7) is 3.80. The van der Waals surface area contributed by atoms with Gasteiger partial charge < -0.3 is 9.64 Å². The van der Waals surface area contributed by atoms with Crippen molar-refractivity contribution in [2.24, 2.45) is 0 Å². The van der Waals surface area contributed by atoms with Crippen molar-refractivity contribution in [2.45, 2.75) is 38.1 Å². The summed E-state index contributed by atoms with van der Waals surface area (Å²) in [7, 11) is 1.42. The molecule has 2 fully saturated rings. The molecule has 0 unspecified atom stereocenters. The maximum Gasteiger partial charge on any atom is 0.341 e. The maximum absolute atomic E-state index is 12.6. The van der Waals surface area contributed by atoms with Gasteiger partial charge in [0, 0.05) is 38.4 Å². The van der Waals surface area contributed by atoms with Crippen LogP contribution in [-0.4, -0.2) is 65.0 Å². The van der Waals surface area contributed by atoms with Gasteiger partial charge in [-0.25, -0.2) is 14.5 Å². The molecule has 1 aromatic carbocycles. The molecule has 1 saturated heterocycles. The van der Waals surface area contributed by atoms with E-state index >= 15 is 0 Å². The number of aromatic nitrogens is 3. The Bertz CT molecular complexity index is 1050. The Balaban J connectivity index is 1.49. The Labute approximate surface area is 182 Å². The normalized spacial score (nSPS) is 18.4. The molecule has 1 aliphatic heterocycles. The second-order valence-electron chi connectivity index (χ2n) is 8.46. The molecule has 5 rings (SSSR count). The van der Waals surface area contributed by atoms with Crippen LogP contribution < -0.4 is 4.90 Å². The summed E-state index contributed by atoms with van der Waals surface area (Å²) in [6.07, 6.45) is 10.2. The lowest BCUT2D eigenvalue weighted by Crippen LogP contribution is -2.51. The number of para-hydroxylation sites is 1. The number of hydrogen-bond acceptors (Lipinski definition) is 6. The van der Waals surface area contributed by atoms with Crippen LogP contribution in [0.4, 0.5) is 5.69 Å². The zero-order valence-electron chi connectivity index (χ0n) is 18.0. The Kier molecular flexibility index (Phi) is 5.59. The van der Waals surface area contributed by atoms with Gasteiger partial charge >= 0.3 is 5.97 Å². The molecule has 1 saturated carbocycles. The molecule has 0 amide bonds. The summed E-state index contributed by atoms with van der Waals surface area (Å²) in [6, 6.07) is 10.7. The van der Waals surface area contributed by atoms with E-state index in [1.54, 1.807) is 6.20 Å². The maximum atomic E-state index is 12.6. The van der Waals surface area contributed by atoms with Gasteiger partial charge in [0.1, 0.15) is 5.56 Å². The standard InChI is InChI=1S/C24H29N5O2/c1-31-24(30)21-16-25-23-20(17-26-29(23)19-10-6-3-7-11-19)22(21)28-14-12-27(13-15-28)18-8-4-2-5-9-18/h3,6-7,10-11,16-18H,2,4-5,8-9,12-15H2,1H3. The molecule has 0 bridgehead atoms. The largest absolute Gasteiger partial charge is 0.465 e. The lowest BCUT2D eigenvalue weighted by Gasteiger charge is -2.42. The van der Waals surface area contributed by atoms with Crippen molar-refractivity contribution in [3.63, 3.8) is 0 Å². The van der Waals surface area contributed by atoms with E-state index in [9.17, 15) is 4.79 Å². The Hall–Kier alpha value is -2.93. The number of esters is 1. The molecule has 7 nitrogen and oxygen atoms in total. The van der Waals surface area contributed by atoms with E-state index in [0.717, 1.165) is 48.6 Å². The van der Waals surface area contributed by atoms with Crippen LogP contribution >= 0.6 is 0 Å². The number of carbonyl (C=O) groups excluding carboxylic acids is 1. The monoisotopic (exact) mass is 419 g/mol. The summed E-state index contributed by atoms with van der Waals surface area (Å²) in [5.74, 6) is -0.355. The van der Waals surface area contributed by atoms with Crippen LogP contribution in [0.5, 0.6) is 0 Å². The van der Waals surface area contributed by atoms with Crippen LogP contribution in [0.15, 0.2) is 42.7 Å². The van der Waals surface area contributed by atoms with Gasteiger partial charge in [0.05, 0.1) is 30.1 Å². The number of ether oxygens (including phenoxy) is 1. The van der Waals surface area contributed by atoms with E-state index < -0.39 is 0 Å².